The lowest BCUT2D eigenvalue weighted by atomic mass is 9.54. The molecule has 0 atom stereocenters. The summed E-state index contributed by atoms with van der Waals surface area (Å²) in [4.78, 5) is 14.5. The number of amides is 1. The van der Waals surface area contributed by atoms with E-state index in [9.17, 15) is 4.79 Å². The van der Waals surface area contributed by atoms with Crippen molar-refractivity contribution in [2.75, 3.05) is 20.6 Å². The molecule has 4 saturated carbocycles. The van der Waals surface area contributed by atoms with Crippen LogP contribution in [0.5, 0.6) is 0 Å². The van der Waals surface area contributed by atoms with E-state index in [2.05, 4.69) is 17.3 Å². The van der Waals surface area contributed by atoms with Crippen molar-refractivity contribution in [3.63, 3.8) is 0 Å². The summed E-state index contributed by atoms with van der Waals surface area (Å²) in [5.41, 5.74) is 0. The molecule has 4 rings (SSSR count). The van der Waals surface area contributed by atoms with E-state index in [0.717, 1.165) is 36.6 Å². The molecule has 4 aliphatic carbocycles. The van der Waals surface area contributed by atoms with Crippen molar-refractivity contribution < 1.29 is 4.79 Å². The Balaban J connectivity index is 1.60. The quantitative estimate of drug-likeness (QED) is 0.773. The minimum absolute atomic E-state index is 0.368. The van der Waals surface area contributed by atoms with Crippen molar-refractivity contribution in [1.82, 2.24) is 10.2 Å². The van der Waals surface area contributed by atoms with Crippen LogP contribution in [-0.4, -0.2) is 37.5 Å². The van der Waals surface area contributed by atoms with Crippen LogP contribution in [0.3, 0.4) is 0 Å². The van der Waals surface area contributed by atoms with Gasteiger partial charge in [-0.3, -0.25) is 4.79 Å². The zero-order valence-electron chi connectivity index (χ0n) is 12.4. The molecule has 4 aliphatic rings. The number of carbonyl (C=O) groups excluding carboxylic acids is 1. The number of rotatable bonds is 5. The van der Waals surface area contributed by atoms with E-state index in [1.807, 2.05) is 7.05 Å². The Morgan fingerprint density at radius 1 is 1.11 bits per heavy atom. The van der Waals surface area contributed by atoms with Gasteiger partial charge >= 0.3 is 0 Å². The van der Waals surface area contributed by atoms with Crippen molar-refractivity contribution in [2.45, 2.75) is 51.0 Å². The third kappa shape index (κ3) is 2.54. The molecule has 0 radical (unpaired) electrons. The van der Waals surface area contributed by atoms with Gasteiger partial charge in [0.2, 0.25) is 5.91 Å². The molecule has 0 saturated heterocycles. The molecule has 3 nitrogen and oxygen atoms in total. The highest BCUT2D eigenvalue weighted by Crippen LogP contribution is 2.54. The fourth-order valence-electron chi connectivity index (χ4n) is 5.29. The van der Waals surface area contributed by atoms with E-state index in [1.54, 1.807) is 0 Å². The Kier molecular flexibility index (Phi) is 3.84. The number of carbonyl (C=O) groups is 1. The lowest BCUT2D eigenvalue weighted by Crippen LogP contribution is -2.56. The van der Waals surface area contributed by atoms with Crippen molar-refractivity contribution in [1.29, 1.82) is 0 Å². The maximum absolute atomic E-state index is 12.3. The molecule has 108 valence electrons. The van der Waals surface area contributed by atoms with Crippen LogP contribution in [0.15, 0.2) is 0 Å². The lowest BCUT2D eigenvalue weighted by molar-refractivity contribution is -0.141. The van der Waals surface area contributed by atoms with Gasteiger partial charge in [0.15, 0.2) is 0 Å². The maximum atomic E-state index is 12.3. The molecule has 0 spiro atoms. The first-order valence-corrected chi connectivity index (χ1v) is 8.09. The van der Waals surface area contributed by atoms with E-state index in [1.165, 1.54) is 32.1 Å². The van der Waals surface area contributed by atoms with Crippen molar-refractivity contribution in [2.24, 2.45) is 23.7 Å². The highest BCUT2D eigenvalue weighted by atomic mass is 16.2. The summed E-state index contributed by atoms with van der Waals surface area (Å²) in [6.45, 7) is 0.946. The number of nitrogens with one attached hydrogen (secondary N) is 1. The van der Waals surface area contributed by atoms with Crippen LogP contribution < -0.4 is 5.32 Å². The lowest BCUT2D eigenvalue weighted by Gasteiger charge is -2.56. The summed E-state index contributed by atoms with van der Waals surface area (Å²) in [6, 6.07) is 0.565. The van der Waals surface area contributed by atoms with Gasteiger partial charge in [-0.15, -0.1) is 0 Å². The Hall–Kier alpha value is -0.570. The normalized spacial score (nSPS) is 39.6. The summed E-state index contributed by atoms with van der Waals surface area (Å²) in [5, 5.41) is 3.12. The van der Waals surface area contributed by atoms with Crippen LogP contribution >= 0.6 is 0 Å². The van der Waals surface area contributed by atoms with Gasteiger partial charge in [0, 0.05) is 19.5 Å². The van der Waals surface area contributed by atoms with Crippen molar-refractivity contribution in [3.05, 3.63) is 0 Å². The van der Waals surface area contributed by atoms with E-state index >= 15 is 0 Å². The minimum atomic E-state index is 0.368. The number of nitrogens with zero attached hydrogens (tertiary/aromatic N) is 1. The van der Waals surface area contributed by atoms with Crippen LogP contribution in [-0.2, 0) is 4.79 Å². The average molecular weight is 264 g/mol. The first kappa shape index (κ1) is 13.4. The second kappa shape index (κ2) is 5.43. The van der Waals surface area contributed by atoms with Gasteiger partial charge in [0.25, 0.3) is 0 Å². The molecule has 0 heterocycles. The Labute approximate surface area is 117 Å². The Bertz CT molecular complexity index is 314. The van der Waals surface area contributed by atoms with Crippen LogP contribution in [0.1, 0.15) is 44.9 Å². The molecule has 3 heteroatoms. The molecule has 4 bridgehead atoms. The summed E-state index contributed by atoms with van der Waals surface area (Å²) in [7, 11) is 4.01. The van der Waals surface area contributed by atoms with Crippen LogP contribution in [0.4, 0.5) is 0 Å². The fourth-order valence-corrected chi connectivity index (χ4v) is 5.29. The van der Waals surface area contributed by atoms with Gasteiger partial charge < -0.3 is 10.2 Å². The van der Waals surface area contributed by atoms with Crippen LogP contribution in [0, 0.1) is 23.7 Å². The fraction of sp³-hybridized carbons (Fsp3) is 0.938. The highest BCUT2D eigenvalue weighted by molar-refractivity contribution is 5.76. The SMILES string of the molecule is CNCCCC(=O)N(C)C1C2CC3CC(C2)CC1C3. The summed E-state index contributed by atoms with van der Waals surface area (Å²) in [6.07, 6.45) is 8.74. The second-order valence-corrected chi connectivity index (χ2v) is 7.13. The first-order valence-electron chi connectivity index (χ1n) is 8.09. The third-order valence-corrected chi connectivity index (χ3v) is 5.83. The molecule has 0 aromatic carbocycles. The zero-order valence-corrected chi connectivity index (χ0v) is 12.4. The molecule has 0 aliphatic heterocycles. The van der Waals surface area contributed by atoms with Gasteiger partial charge in [0.1, 0.15) is 0 Å². The highest BCUT2D eigenvalue weighted by Gasteiger charge is 2.50. The van der Waals surface area contributed by atoms with Crippen LogP contribution in [0.25, 0.3) is 0 Å². The third-order valence-electron chi connectivity index (χ3n) is 5.83. The van der Waals surface area contributed by atoms with Gasteiger partial charge in [-0.05, 0) is 75.8 Å². The monoisotopic (exact) mass is 264 g/mol. The Morgan fingerprint density at radius 2 is 1.68 bits per heavy atom. The van der Waals surface area contributed by atoms with Gasteiger partial charge in [0.05, 0.1) is 0 Å². The van der Waals surface area contributed by atoms with Crippen LogP contribution in [0.2, 0.25) is 0 Å². The zero-order chi connectivity index (χ0) is 13.4. The summed E-state index contributed by atoms with van der Waals surface area (Å²) in [5.74, 6) is 3.98. The predicted molar refractivity (Wildman–Crippen MR) is 76.8 cm³/mol. The molecule has 4 fully saturated rings. The number of hydrogen-bond acceptors (Lipinski definition) is 2. The largest absolute Gasteiger partial charge is 0.342 e. The second-order valence-electron chi connectivity index (χ2n) is 7.13. The van der Waals surface area contributed by atoms with E-state index in [0.29, 0.717) is 18.4 Å². The summed E-state index contributed by atoms with van der Waals surface area (Å²) >= 11 is 0. The molecule has 0 aromatic heterocycles. The molecule has 0 unspecified atom stereocenters. The van der Waals surface area contributed by atoms with Gasteiger partial charge in [-0.2, -0.15) is 0 Å². The number of hydrogen-bond donors (Lipinski definition) is 1. The molecular formula is C16H28N2O. The maximum Gasteiger partial charge on any atom is 0.222 e. The van der Waals surface area contributed by atoms with Gasteiger partial charge in [-0.25, -0.2) is 0 Å². The molecule has 1 amide bonds. The van der Waals surface area contributed by atoms with E-state index in [-0.39, 0.29) is 0 Å². The predicted octanol–water partition coefficient (Wildman–Crippen LogP) is 2.27. The van der Waals surface area contributed by atoms with Gasteiger partial charge in [-0.1, -0.05) is 0 Å². The Morgan fingerprint density at radius 3 is 2.21 bits per heavy atom. The molecule has 1 N–H and O–H groups in total. The van der Waals surface area contributed by atoms with E-state index < -0.39 is 0 Å². The molecule has 19 heavy (non-hydrogen) atoms. The van der Waals surface area contributed by atoms with Crippen molar-refractivity contribution >= 4 is 5.91 Å². The van der Waals surface area contributed by atoms with Crippen molar-refractivity contribution in [3.8, 4) is 0 Å². The summed E-state index contributed by atoms with van der Waals surface area (Å²) < 4.78 is 0. The molecule has 0 aromatic rings. The smallest absolute Gasteiger partial charge is 0.222 e. The minimum Gasteiger partial charge on any atom is -0.342 e. The van der Waals surface area contributed by atoms with E-state index in [4.69, 9.17) is 0 Å². The topological polar surface area (TPSA) is 32.3 Å². The average Bonchev–Trinajstić information content (AvgIpc) is 2.37. The first-order chi connectivity index (χ1) is 9.19. The standard InChI is InChI=1S/C16H28N2O/c1-17-5-3-4-15(19)18(2)16-13-7-11-6-12(9-13)10-14(16)8-11/h11-14,16-17H,3-10H2,1-2H3. The molecular weight excluding hydrogens is 236 g/mol.